The van der Waals surface area contributed by atoms with Crippen molar-refractivity contribution in [3.05, 3.63) is 23.5 Å². The number of hydrogen-bond donors (Lipinski definition) is 0. The summed E-state index contributed by atoms with van der Waals surface area (Å²) in [6.07, 6.45) is 3.50. The van der Waals surface area contributed by atoms with E-state index >= 15 is 0 Å². The molecule has 1 heterocycles. The van der Waals surface area contributed by atoms with E-state index in [1.165, 1.54) is 0 Å². The molecule has 0 atom stereocenters. The second kappa shape index (κ2) is 2.77. The van der Waals surface area contributed by atoms with Gasteiger partial charge in [-0.3, -0.25) is 4.79 Å². The van der Waals surface area contributed by atoms with Crippen LogP contribution < -0.4 is 0 Å². The number of rotatable bonds is 1. The molecule has 0 saturated heterocycles. The largest absolute Gasteiger partial charge is 0.479 e. The van der Waals surface area contributed by atoms with E-state index in [1.54, 1.807) is 19.9 Å². The van der Waals surface area contributed by atoms with E-state index in [9.17, 15) is 4.79 Å². The van der Waals surface area contributed by atoms with Crippen LogP contribution in [0.5, 0.6) is 0 Å². The van der Waals surface area contributed by atoms with Crippen LogP contribution in [-0.2, 0) is 9.53 Å². The van der Waals surface area contributed by atoms with Gasteiger partial charge in [0.05, 0.1) is 0 Å². The molecule has 0 N–H and O–H groups in total. The minimum atomic E-state index is -0.667. The number of carbonyl (C=O) groups excluding carboxylic acids is 1. The van der Waals surface area contributed by atoms with Crippen LogP contribution in [0, 0.1) is 0 Å². The predicted octanol–water partition coefficient (Wildman–Crippen LogP) is 2.21. The summed E-state index contributed by atoms with van der Waals surface area (Å²) >= 11 is 0. The van der Waals surface area contributed by atoms with Crippen LogP contribution in [0.4, 0.5) is 0 Å². The number of ketones is 1. The lowest BCUT2D eigenvalue weighted by Crippen LogP contribution is -2.27. The third-order valence-electron chi connectivity index (χ3n) is 2.04. The molecule has 12 heavy (non-hydrogen) atoms. The van der Waals surface area contributed by atoms with Crippen molar-refractivity contribution in [2.45, 2.75) is 33.3 Å². The number of allylic oxidation sites excluding steroid dienone is 2. The minimum absolute atomic E-state index is 0.0405. The monoisotopic (exact) mass is 166 g/mol. The molecule has 0 bridgehead atoms. The molecule has 0 amide bonds. The Bertz CT molecular complexity index is 270. The molecule has 0 aromatic heterocycles. The highest BCUT2D eigenvalue weighted by Gasteiger charge is 2.35. The number of hydrogen-bond acceptors (Lipinski definition) is 2. The molecular weight excluding hydrogens is 152 g/mol. The van der Waals surface area contributed by atoms with Gasteiger partial charge in [0.1, 0.15) is 5.76 Å². The van der Waals surface area contributed by atoms with Crippen LogP contribution in [0.2, 0.25) is 0 Å². The fraction of sp³-hybridized carbons (Fsp3) is 0.500. The Morgan fingerprint density at radius 3 is 2.50 bits per heavy atom. The Morgan fingerprint density at radius 2 is 2.17 bits per heavy atom. The Labute approximate surface area is 72.9 Å². The molecule has 0 saturated carbocycles. The van der Waals surface area contributed by atoms with Gasteiger partial charge in [-0.1, -0.05) is 6.08 Å². The molecule has 1 rings (SSSR count). The highest BCUT2D eigenvalue weighted by Crippen LogP contribution is 2.28. The summed E-state index contributed by atoms with van der Waals surface area (Å²) in [5.41, 5.74) is 0.341. The third-order valence-corrected chi connectivity index (χ3v) is 2.04. The summed E-state index contributed by atoms with van der Waals surface area (Å²) in [4.78, 5) is 11.3. The van der Waals surface area contributed by atoms with Crippen LogP contribution in [0.1, 0.15) is 27.7 Å². The van der Waals surface area contributed by atoms with Crippen molar-refractivity contribution < 1.29 is 9.53 Å². The van der Waals surface area contributed by atoms with Crippen LogP contribution in [-0.4, -0.2) is 11.4 Å². The molecule has 0 spiro atoms. The normalized spacial score (nSPS) is 22.2. The van der Waals surface area contributed by atoms with Crippen molar-refractivity contribution >= 4 is 5.78 Å². The van der Waals surface area contributed by atoms with E-state index in [2.05, 4.69) is 0 Å². The molecule has 0 aromatic carbocycles. The van der Waals surface area contributed by atoms with Gasteiger partial charge in [0.15, 0.2) is 5.60 Å². The third kappa shape index (κ3) is 1.42. The van der Waals surface area contributed by atoms with Crippen molar-refractivity contribution in [3.63, 3.8) is 0 Å². The van der Waals surface area contributed by atoms with Gasteiger partial charge in [-0.2, -0.15) is 0 Å². The fourth-order valence-corrected chi connectivity index (χ4v) is 0.984. The Balaban J connectivity index is 2.89. The molecule has 1 aliphatic heterocycles. The van der Waals surface area contributed by atoms with Crippen molar-refractivity contribution in [2.75, 3.05) is 0 Å². The molecule has 2 nitrogen and oxygen atoms in total. The zero-order valence-electron chi connectivity index (χ0n) is 7.97. The summed E-state index contributed by atoms with van der Waals surface area (Å²) in [5.74, 6) is 0.742. The first kappa shape index (κ1) is 9.04. The SMILES string of the molecule is C/C=C(/C)C1=CC(=O)C(C)(C)O1. The van der Waals surface area contributed by atoms with Crippen LogP contribution in [0.25, 0.3) is 0 Å². The molecule has 0 fully saturated rings. The first-order chi connectivity index (χ1) is 5.47. The van der Waals surface area contributed by atoms with Crippen molar-refractivity contribution in [3.8, 4) is 0 Å². The summed E-state index contributed by atoms with van der Waals surface area (Å²) in [6.45, 7) is 7.42. The van der Waals surface area contributed by atoms with Gasteiger partial charge >= 0.3 is 0 Å². The Hall–Kier alpha value is -1.05. The number of ether oxygens (including phenoxy) is 1. The van der Waals surface area contributed by atoms with E-state index < -0.39 is 5.60 Å². The summed E-state index contributed by atoms with van der Waals surface area (Å²) in [6, 6.07) is 0. The van der Waals surface area contributed by atoms with Crippen LogP contribution in [0.15, 0.2) is 23.5 Å². The second-order valence-electron chi connectivity index (χ2n) is 3.46. The summed E-state index contributed by atoms with van der Waals surface area (Å²) in [5, 5.41) is 0. The van der Waals surface area contributed by atoms with Crippen molar-refractivity contribution in [2.24, 2.45) is 0 Å². The predicted molar refractivity (Wildman–Crippen MR) is 47.7 cm³/mol. The van der Waals surface area contributed by atoms with Crippen molar-refractivity contribution in [1.82, 2.24) is 0 Å². The quantitative estimate of drug-likeness (QED) is 0.597. The topological polar surface area (TPSA) is 26.3 Å². The average molecular weight is 166 g/mol. The second-order valence-corrected chi connectivity index (χ2v) is 3.46. The average Bonchev–Trinajstić information content (AvgIpc) is 2.25. The van der Waals surface area contributed by atoms with Crippen molar-refractivity contribution in [1.29, 1.82) is 0 Å². The van der Waals surface area contributed by atoms with Gasteiger partial charge in [-0.25, -0.2) is 0 Å². The van der Waals surface area contributed by atoms with E-state index in [4.69, 9.17) is 4.74 Å². The highest BCUT2D eigenvalue weighted by atomic mass is 16.5. The lowest BCUT2D eigenvalue weighted by molar-refractivity contribution is -0.126. The summed E-state index contributed by atoms with van der Waals surface area (Å²) < 4.78 is 5.46. The van der Waals surface area contributed by atoms with Crippen LogP contribution in [0.3, 0.4) is 0 Å². The molecular formula is C10H14O2. The molecule has 0 aliphatic carbocycles. The fourth-order valence-electron chi connectivity index (χ4n) is 0.984. The molecule has 0 unspecified atom stereocenters. The van der Waals surface area contributed by atoms with E-state index in [0.29, 0.717) is 5.76 Å². The van der Waals surface area contributed by atoms with Gasteiger partial charge in [-0.05, 0) is 33.3 Å². The van der Waals surface area contributed by atoms with E-state index in [0.717, 1.165) is 5.57 Å². The summed E-state index contributed by atoms with van der Waals surface area (Å²) in [7, 11) is 0. The van der Waals surface area contributed by atoms with E-state index in [1.807, 2.05) is 19.9 Å². The number of carbonyl (C=O) groups is 1. The zero-order valence-corrected chi connectivity index (χ0v) is 7.97. The Kier molecular flexibility index (Phi) is 2.09. The van der Waals surface area contributed by atoms with Gasteiger partial charge in [0.25, 0.3) is 0 Å². The molecule has 1 aliphatic rings. The van der Waals surface area contributed by atoms with Gasteiger partial charge in [-0.15, -0.1) is 0 Å². The lowest BCUT2D eigenvalue weighted by atomic mass is 10.1. The molecule has 0 radical (unpaired) electrons. The lowest BCUT2D eigenvalue weighted by Gasteiger charge is -2.17. The maximum atomic E-state index is 11.3. The first-order valence-corrected chi connectivity index (χ1v) is 4.06. The smallest absolute Gasteiger partial charge is 0.202 e. The minimum Gasteiger partial charge on any atom is -0.479 e. The maximum absolute atomic E-state index is 11.3. The molecule has 66 valence electrons. The standard InChI is InChI=1S/C10H14O2/c1-5-7(2)8-6-9(11)10(3,4)12-8/h5-6H,1-4H3/b7-5-. The van der Waals surface area contributed by atoms with Gasteiger partial charge < -0.3 is 4.74 Å². The highest BCUT2D eigenvalue weighted by molar-refractivity contribution is 5.99. The molecule has 2 heteroatoms. The molecule has 0 aromatic rings. The van der Waals surface area contributed by atoms with E-state index in [-0.39, 0.29) is 5.78 Å². The van der Waals surface area contributed by atoms with Crippen LogP contribution >= 0.6 is 0 Å². The van der Waals surface area contributed by atoms with Gasteiger partial charge in [0.2, 0.25) is 5.78 Å². The Morgan fingerprint density at radius 1 is 1.58 bits per heavy atom. The van der Waals surface area contributed by atoms with Gasteiger partial charge in [0, 0.05) is 6.08 Å². The maximum Gasteiger partial charge on any atom is 0.202 e. The zero-order chi connectivity index (χ0) is 9.35. The first-order valence-electron chi connectivity index (χ1n) is 4.06.